The number of aromatic nitrogens is 1. The van der Waals surface area contributed by atoms with Crippen LogP contribution in [0.5, 0.6) is 0 Å². The van der Waals surface area contributed by atoms with Gasteiger partial charge in [-0.25, -0.2) is 4.98 Å². The normalized spacial score (nSPS) is 21.6. The molecule has 1 aliphatic carbocycles. The van der Waals surface area contributed by atoms with E-state index in [4.69, 9.17) is 5.73 Å². The minimum absolute atomic E-state index is 0.0561. The molecule has 3 N–H and O–H groups in total. The predicted molar refractivity (Wildman–Crippen MR) is 85.0 cm³/mol. The standard InChI is InChI=1S/C17H21N3O/c1-11-5-4-6-12(11)10-19-17(21)14-9-16(18)20-15-8-3-2-7-13(14)15/h2-3,7-9,11-12H,4-6,10H2,1H3,(H2,18,20)(H,19,21). The summed E-state index contributed by atoms with van der Waals surface area (Å²) >= 11 is 0. The average Bonchev–Trinajstić information content (AvgIpc) is 2.89. The van der Waals surface area contributed by atoms with Gasteiger partial charge < -0.3 is 11.1 Å². The Bertz CT molecular complexity index is 668. The van der Waals surface area contributed by atoms with E-state index in [9.17, 15) is 4.79 Å². The van der Waals surface area contributed by atoms with Gasteiger partial charge in [-0.3, -0.25) is 4.79 Å². The Morgan fingerprint density at radius 2 is 2.19 bits per heavy atom. The number of para-hydroxylation sites is 1. The fourth-order valence-corrected chi connectivity index (χ4v) is 3.23. The number of nitrogen functional groups attached to an aromatic ring is 1. The first-order valence-electron chi connectivity index (χ1n) is 7.58. The molecule has 1 amide bonds. The summed E-state index contributed by atoms with van der Waals surface area (Å²) in [6.07, 6.45) is 3.75. The van der Waals surface area contributed by atoms with Crippen molar-refractivity contribution in [2.75, 3.05) is 12.3 Å². The van der Waals surface area contributed by atoms with Gasteiger partial charge in [0.1, 0.15) is 5.82 Å². The molecule has 3 rings (SSSR count). The summed E-state index contributed by atoms with van der Waals surface area (Å²) < 4.78 is 0. The molecular formula is C17H21N3O. The summed E-state index contributed by atoms with van der Waals surface area (Å²) in [5.41, 5.74) is 7.19. The average molecular weight is 283 g/mol. The first kappa shape index (κ1) is 13.9. The maximum absolute atomic E-state index is 12.5. The third-order valence-electron chi connectivity index (χ3n) is 4.54. The lowest BCUT2D eigenvalue weighted by molar-refractivity contribution is 0.0946. The van der Waals surface area contributed by atoms with Crippen LogP contribution in [0.25, 0.3) is 10.9 Å². The smallest absolute Gasteiger partial charge is 0.252 e. The largest absolute Gasteiger partial charge is 0.384 e. The van der Waals surface area contributed by atoms with Crippen LogP contribution < -0.4 is 11.1 Å². The Labute approximate surface area is 124 Å². The third kappa shape index (κ3) is 2.84. The molecule has 0 bridgehead atoms. The van der Waals surface area contributed by atoms with Gasteiger partial charge in [-0.1, -0.05) is 38.0 Å². The van der Waals surface area contributed by atoms with Gasteiger partial charge in [0.15, 0.2) is 0 Å². The summed E-state index contributed by atoms with van der Waals surface area (Å²) in [6.45, 7) is 3.01. The molecule has 1 aromatic carbocycles. The lowest BCUT2D eigenvalue weighted by Crippen LogP contribution is -2.30. The first-order valence-corrected chi connectivity index (χ1v) is 7.58. The van der Waals surface area contributed by atoms with Crippen LogP contribution in [0.15, 0.2) is 30.3 Å². The SMILES string of the molecule is CC1CCCC1CNC(=O)c1cc(N)nc2ccccc12. The summed E-state index contributed by atoms with van der Waals surface area (Å²) in [7, 11) is 0. The molecule has 0 spiro atoms. The Hall–Kier alpha value is -2.10. The fraction of sp³-hybridized carbons (Fsp3) is 0.412. The zero-order chi connectivity index (χ0) is 14.8. The van der Waals surface area contributed by atoms with Gasteiger partial charge in [-0.15, -0.1) is 0 Å². The molecule has 110 valence electrons. The second kappa shape index (κ2) is 5.72. The molecule has 1 aromatic heterocycles. The number of carbonyl (C=O) groups is 1. The van der Waals surface area contributed by atoms with Crippen molar-refractivity contribution in [2.24, 2.45) is 11.8 Å². The number of nitrogens with two attached hydrogens (primary N) is 1. The number of nitrogens with zero attached hydrogens (tertiary/aromatic N) is 1. The van der Waals surface area contributed by atoms with Crippen molar-refractivity contribution >= 4 is 22.6 Å². The summed E-state index contributed by atoms with van der Waals surface area (Å²) in [5.74, 6) is 1.62. The lowest BCUT2D eigenvalue weighted by atomic mass is 9.98. The number of rotatable bonds is 3. The van der Waals surface area contributed by atoms with Crippen molar-refractivity contribution in [2.45, 2.75) is 26.2 Å². The number of carbonyl (C=O) groups excluding carboxylic acids is 1. The van der Waals surface area contributed by atoms with Crippen LogP contribution in [-0.2, 0) is 0 Å². The van der Waals surface area contributed by atoms with Gasteiger partial charge in [0.2, 0.25) is 0 Å². The van der Waals surface area contributed by atoms with Gasteiger partial charge in [-0.05, 0) is 30.4 Å². The topological polar surface area (TPSA) is 68.0 Å². The van der Waals surface area contributed by atoms with E-state index in [0.717, 1.165) is 17.4 Å². The molecule has 1 fully saturated rings. The first-order chi connectivity index (χ1) is 10.1. The number of anilines is 1. The van der Waals surface area contributed by atoms with Crippen molar-refractivity contribution in [3.8, 4) is 0 Å². The number of nitrogens with one attached hydrogen (secondary N) is 1. The van der Waals surface area contributed by atoms with Gasteiger partial charge in [0, 0.05) is 11.9 Å². The fourth-order valence-electron chi connectivity index (χ4n) is 3.23. The van der Waals surface area contributed by atoms with E-state index in [1.54, 1.807) is 6.07 Å². The van der Waals surface area contributed by atoms with Crippen LogP contribution in [0, 0.1) is 11.8 Å². The highest BCUT2D eigenvalue weighted by Gasteiger charge is 2.24. The molecule has 1 heterocycles. The van der Waals surface area contributed by atoms with Crippen LogP contribution in [0.3, 0.4) is 0 Å². The summed E-state index contributed by atoms with van der Waals surface area (Å²) in [6, 6.07) is 9.26. The number of pyridine rings is 1. The molecular weight excluding hydrogens is 262 g/mol. The molecule has 1 saturated carbocycles. The monoisotopic (exact) mass is 283 g/mol. The molecule has 0 saturated heterocycles. The van der Waals surface area contributed by atoms with Gasteiger partial charge in [0.25, 0.3) is 5.91 Å². The second-order valence-corrected chi connectivity index (χ2v) is 5.99. The van der Waals surface area contributed by atoms with E-state index in [1.807, 2.05) is 24.3 Å². The van der Waals surface area contributed by atoms with E-state index in [2.05, 4.69) is 17.2 Å². The van der Waals surface area contributed by atoms with Crippen molar-refractivity contribution in [3.63, 3.8) is 0 Å². The maximum Gasteiger partial charge on any atom is 0.252 e. The maximum atomic E-state index is 12.5. The molecule has 4 heteroatoms. The van der Waals surface area contributed by atoms with Crippen molar-refractivity contribution < 1.29 is 4.79 Å². The molecule has 0 aliphatic heterocycles. The molecule has 21 heavy (non-hydrogen) atoms. The van der Waals surface area contributed by atoms with E-state index in [0.29, 0.717) is 23.2 Å². The number of hydrogen-bond donors (Lipinski definition) is 2. The van der Waals surface area contributed by atoms with Crippen LogP contribution in [-0.4, -0.2) is 17.4 Å². The van der Waals surface area contributed by atoms with Gasteiger partial charge in [0.05, 0.1) is 11.1 Å². The molecule has 2 atom stereocenters. The predicted octanol–water partition coefficient (Wildman–Crippen LogP) is 2.98. The number of amides is 1. The summed E-state index contributed by atoms with van der Waals surface area (Å²) in [4.78, 5) is 16.7. The minimum Gasteiger partial charge on any atom is -0.384 e. The molecule has 2 unspecified atom stereocenters. The van der Waals surface area contributed by atoms with E-state index in [-0.39, 0.29) is 5.91 Å². The quantitative estimate of drug-likeness (QED) is 0.910. The third-order valence-corrected chi connectivity index (χ3v) is 4.54. The Morgan fingerprint density at radius 3 is 2.95 bits per heavy atom. The molecule has 2 aromatic rings. The van der Waals surface area contributed by atoms with Crippen molar-refractivity contribution in [3.05, 3.63) is 35.9 Å². The highest BCUT2D eigenvalue weighted by Crippen LogP contribution is 2.30. The lowest BCUT2D eigenvalue weighted by Gasteiger charge is -2.16. The Kier molecular flexibility index (Phi) is 3.78. The van der Waals surface area contributed by atoms with Gasteiger partial charge in [-0.2, -0.15) is 0 Å². The van der Waals surface area contributed by atoms with Gasteiger partial charge >= 0.3 is 0 Å². The van der Waals surface area contributed by atoms with Crippen LogP contribution in [0.1, 0.15) is 36.5 Å². The zero-order valence-corrected chi connectivity index (χ0v) is 12.3. The Morgan fingerprint density at radius 1 is 1.38 bits per heavy atom. The zero-order valence-electron chi connectivity index (χ0n) is 12.3. The Balaban J connectivity index is 1.81. The highest BCUT2D eigenvalue weighted by molar-refractivity contribution is 6.06. The highest BCUT2D eigenvalue weighted by atomic mass is 16.1. The molecule has 0 radical (unpaired) electrons. The second-order valence-electron chi connectivity index (χ2n) is 5.99. The van der Waals surface area contributed by atoms with Crippen LogP contribution >= 0.6 is 0 Å². The number of hydrogen-bond acceptors (Lipinski definition) is 3. The number of fused-ring (bicyclic) bond motifs is 1. The van der Waals surface area contributed by atoms with Crippen LogP contribution in [0.2, 0.25) is 0 Å². The molecule has 1 aliphatic rings. The summed E-state index contributed by atoms with van der Waals surface area (Å²) in [5, 5.41) is 3.92. The van der Waals surface area contributed by atoms with E-state index < -0.39 is 0 Å². The number of benzene rings is 1. The van der Waals surface area contributed by atoms with Crippen LogP contribution in [0.4, 0.5) is 5.82 Å². The van der Waals surface area contributed by atoms with Crippen molar-refractivity contribution in [1.82, 2.24) is 10.3 Å². The minimum atomic E-state index is -0.0561. The molecule has 4 nitrogen and oxygen atoms in total. The van der Waals surface area contributed by atoms with Crippen molar-refractivity contribution in [1.29, 1.82) is 0 Å². The van der Waals surface area contributed by atoms with E-state index >= 15 is 0 Å². The van der Waals surface area contributed by atoms with E-state index in [1.165, 1.54) is 19.3 Å².